The minimum absolute atomic E-state index is 0.162. The third-order valence-corrected chi connectivity index (χ3v) is 6.51. The quantitative estimate of drug-likeness (QED) is 0.870. The second-order valence-electron chi connectivity index (χ2n) is 7.48. The van der Waals surface area contributed by atoms with Gasteiger partial charge in [0.1, 0.15) is 0 Å². The van der Waals surface area contributed by atoms with E-state index in [1.807, 2.05) is 0 Å². The van der Waals surface area contributed by atoms with Crippen LogP contribution in [-0.4, -0.2) is 37.5 Å². The molecule has 0 spiro atoms. The summed E-state index contributed by atoms with van der Waals surface area (Å²) in [6.45, 7) is 0.681. The number of nitrogens with zero attached hydrogens (tertiary/aromatic N) is 1. The third-order valence-electron chi connectivity index (χ3n) is 5.80. The molecule has 2 aliphatic rings. The zero-order valence-electron chi connectivity index (χ0n) is 14.2. The Labute approximate surface area is 143 Å². The molecule has 2 bridgehead atoms. The first-order valence-electron chi connectivity index (χ1n) is 8.78. The van der Waals surface area contributed by atoms with Crippen molar-refractivity contribution in [3.8, 4) is 0 Å². The number of hydrogen-bond acceptors (Lipinski definition) is 4. The van der Waals surface area contributed by atoms with Gasteiger partial charge in [0.25, 0.3) is 0 Å². The molecule has 3 rings (SSSR count). The fourth-order valence-electron chi connectivity index (χ4n) is 4.41. The molecule has 3 atom stereocenters. The molecule has 2 aliphatic carbocycles. The maximum absolute atomic E-state index is 12.7. The Morgan fingerprint density at radius 1 is 1.39 bits per heavy atom. The Kier molecular flexibility index (Phi) is 5.39. The molecule has 3 N–H and O–H groups in total. The minimum Gasteiger partial charge on any atom is -0.354 e. The van der Waals surface area contributed by atoms with Gasteiger partial charge in [0.2, 0.25) is 5.91 Å². The van der Waals surface area contributed by atoms with Crippen LogP contribution in [0.3, 0.4) is 0 Å². The van der Waals surface area contributed by atoms with Crippen LogP contribution in [0.1, 0.15) is 43.7 Å². The number of carbonyl (C=O) groups is 1. The van der Waals surface area contributed by atoms with Gasteiger partial charge in [0.15, 0.2) is 0 Å². The first kappa shape index (κ1) is 16.9. The molecule has 3 unspecified atom stereocenters. The van der Waals surface area contributed by atoms with E-state index < -0.39 is 0 Å². The lowest BCUT2D eigenvalue weighted by molar-refractivity contribution is -0.128. The predicted molar refractivity (Wildman–Crippen MR) is 95.3 cm³/mol. The molecule has 1 heterocycles. The molecule has 0 radical (unpaired) electrons. The number of carbonyl (C=O) groups excluding carboxylic acids is 1. The van der Waals surface area contributed by atoms with E-state index >= 15 is 0 Å². The summed E-state index contributed by atoms with van der Waals surface area (Å²) in [5, 5.41) is 7.47. The molecule has 1 aromatic rings. The fraction of sp³-hybridized carbons (Fsp3) is 0.722. The summed E-state index contributed by atoms with van der Waals surface area (Å²) in [7, 11) is 4.14. The molecule has 23 heavy (non-hydrogen) atoms. The van der Waals surface area contributed by atoms with E-state index in [9.17, 15) is 4.79 Å². The number of hydrogen-bond donors (Lipinski definition) is 2. The smallest absolute Gasteiger partial charge is 0.223 e. The lowest BCUT2D eigenvalue weighted by Gasteiger charge is -2.43. The zero-order chi connectivity index (χ0) is 16.4. The number of nitrogens with two attached hydrogens (primary N) is 1. The molecule has 2 fully saturated rings. The van der Waals surface area contributed by atoms with Crippen LogP contribution < -0.4 is 11.1 Å². The summed E-state index contributed by atoms with van der Waals surface area (Å²) in [5.41, 5.74) is 7.62. The van der Waals surface area contributed by atoms with Crippen molar-refractivity contribution in [2.24, 2.45) is 23.5 Å². The Morgan fingerprint density at radius 2 is 2.09 bits per heavy atom. The SMILES string of the molecule is CN(C)C(CNC(=O)C1CC2CCCC(C1)C2N)c1ccsc1. The lowest BCUT2D eigenvalue weighted by Crippen LogP contribution is -2.49. The van der Waals surface area contributed by atoms with Crippen LogP contribution in [0.4, 0.5) is 0 Å². The number of amides is 1. The van der Waals surface area contributed by atoms with Gasteiger partial charge in [-0.1, -0.05) is 6.42 Å². The Bertz CT molecular complexity index is 502. The molecule has 0 aromatic carbocycles. The molecular weight excluding hydrogens is 306 g/mol. The van der Waals surface area contributed by atoms with Gasteiger partial charge in [-0.2, -0.15) is 11.3 Å². The molecular formula is C18H29N3OS. The highest BCUT2D eigenvalue weighted by Crippen LogP contribution is 2.41. The minimum atomic E-state index is 0.162. The van der Waals surface area contributed by atoms with E-state index in [4.69, 9.17) is 5.73 Å². The van der Waals surface area contributed by atoms with Gasteiger partial charge in [0, 0.05) is 18.5 Å². The van der Waals surface area contributed by atoms with Crippen molar-refractivity contribution >= 4 is 17.2 Å². The van der Waals surface area contributed by atoms with Crippen LogP contribution in [-0.2, 0) is 4.79 Å². The Balaban J connectivity index is 1.57. The van der Waals surface area contributed by atoms with Crippen molar-refractivity contribution in [2.45, 2.75) is 44.2 Å². The molecule has 1 aromatic heterocycles. The summed E-state index contributed by atoms with van der Waals surface area (Å²) in [5.74, 6) is 1.51. The van der Waals surface area contributed by atoms with Crippen molar-refractivity contribution in [3.63, 3.8) is 0 Å². The van der Waals surface area contributed by atoms with Crippen molar-refractivity contribution in [1.29, 1.82) is 0 Å². The summed E-state index contributed by atoms with van der Waals surface area (Å²) < 4.78 is 0. The zero-order valence-corrected chi connectivity index (χ0v) is 15.0. The van der Waals surface area contributed by atoms with Gasteiger partial charge in [-0.05, 0) is 74.0 Å². The van der Waals surface area contributed by atoms with Crippen molar-refractivity contribution < 1.29 is 4.79 Å². The van der Waals surface area contributed by atoms with Gasteiger partial charge < -0.3 is 16.0 Å². The Hall–Kier alpha value is -0.910. The van der Waals surface area contributed by atoms with E-state index in [0.29, 0.717) is 24.4 Å². The van der Waals surface area contributed by atoms with Gasteiger partial charge >= 0.3 is 0 Å². The average Bonchev–Trinajstić information content (AvgIpc) is 3.00. The summed E-state index contributed by atoms with van der Waals surface area (Å²) in [6, 6.07) is 2.72. The van der Waals surface area contributed by atoms with E-state index in [1.54, 1.807) is 11.3 Å². The molecule has 128 valence electrons. The molecule has 0 aliphatic heterocycles. The molecule has 1 amide bonds. The number of nitrogens with one attached hydrogen (secondary N) is 1. The van der Waals surface area contributed by atoms with Crippen LogP contribution in [0.5, 0.6) is 0 Å². The van der Waals surface area contributed by atoms with E-state index in [1.165, 1.54) is 24.8 Å². The summed E-state index contributed by atoms with van der Waals surface area (Å²) >= 11 is 1.71. The standard InChI is InChI=1S/C18H29N3OS/c1-21(2)16(14-6-7-23-11-14)10-20-18(22)15-8-12-4-3-5-13(9-15)17(12)19/h6-7,11-13,15-17H,3-5,8-10,19H2,1-2H3,(H,20,22). The van der Waals surface area contributed by atoms with E-state index in [-0.39, 0.29) is 17.9 Å². The normalized spacial score (nSPS) is 31.8. The predicted octanol–water partition coefficient (Wildman–Crippen LogP) is 2.62. The molecule has 5 heteroatoms. The first-order valence-corrected chi connectivity index (χ1v) is 9.72. The highest BCUT2D eigenvalue weighted by molar-refractivity contribution is 7.07. The lowest BCUT2D eigenvalue weighted by atomic mass is 9.65. The van der Waals surface area contributed by atoms with Crippen molar-refractivity contribution in [2.75, 3.05) is 20.6 Å². The van der Waals surface area contributed by atoms with E-state index in [0.717, 1.165) is 12.8 Å². The van der Waals surface area contributed by atoms with Crippen LogP contribution in [0, 0.1) is 17.8 Å². The number of likely N-dealkylation sites (N-methyl/N-ethyl adjacent to an activating group) is 1. The highest BCUT2D eigenvalue weighted by Gasteiger charge is 2.40. The fourth-order valence-corrected chi connectivity index (χ4v) is 5.12. The van der Waals surface area contributed by atoms with Gasteiger partial charge in [-0.3, -0.25) is 4.79 Å². The number of rotatable bonds is 5. The van der Waals surface area contributed by atoms with Crippen LogP contribution >= 0.6 is 11.3 Å². The molecule has 4 nitrogen and oxygen atoms in total. The Morgan fingerprint density at radius 3 is 2.65 bits per heavy atom. The second kappa shape index (κ2) is 7.32. The highest BCUT2D eigenvalue weighted by atomic mass is 32.1. The summed E-state index contributed by atoms with van der Waals surface area (Å²) in [4.78, 5) is 14.8. The van der Waals surface area contributed by atoms with Crippen molar-refractivity contribution in [1.82, 2.24) is 10.2 Å². The third kappa shape index (κ3) is 3.78. The average molecular weight is 336 g/mol. The van der Waals surface area contributed by atoms with Crippen molar-refractivity contribution in [3.05, 3.63) is 22.4 Å². The maximum atomic E-state index is 12.7. The van der Waals surface area contributed by atoms with Crippen LogP contribution in [0.15, 0.2) is 16.8 Å². The van der Waals surface area contributed by atoms with E-state index in [2.05, 4.69) is 41.1 Å². The maximum Gasteiger partial charge on any atom is 0.223 e. The number of thiophene rings is 1. The molecule has 2 saturated carbocycles. The van der Waals surface area contributed by atoms with Crippen LogP contribution in [0.2, 0.25) is 0 Å². The summed E-state index contributed by atoms with van der Waals surface area (Å²) in [6.07, 6.45) is 5.66. The van der Waals surface area contributed by atoms with Gasteiger partial charge in [0.05, 0.1) is 6.04 Å². The molecule has 0 saturated heterocycles. The topological polar surface area (TPSA) is 58.4 Å². The number of fused-ring (bicyclic) bond motifs is 2. The van der Waals surface area contributed by atoms with Gasteiger partial charge in [-0.15, -0.1) is 0 Å². The van der Waals surface area contributed by atoms with Gasteiger partial charge in [-0.25, -0.2) is 0 Å². The monoisotopic (exact) mass is 335 g/mol. The largest absolute Gasteiger partial charge is 0.354 e. The first-order chi connectivity index (χ1) is 11.1. The second-order valence-corrected chi connectivity index (χ2v) is 8.26. The van der Waals surface area contributed by atoms with Crippen LogP contribution in [0.25, 0.3) is 0 Å².